The molecule has 1 aliphatic heterocycles. The summed E-state index contributed by atoms with van der Waals surface area (Å²) in [4.78, 5) is 38.9. The predicted octanol–water partition coefficient (Wildman–Crippen LogP) is 5.82. The van der Waals surface area contributed by atoms with Crippen LogP contribution in [0.2, 0.25) is 5.02 Å². The van der Waals surface area contributed by atoms with Crippen molar-refractivity contribution in [3.8, 4) is 11.5 Å². The van der Waals surface area contributed by atoms with Crippen molar-refractivity contribution in [3.05, 3.63) is 90.0 Å². The van der Waals surface area contributed by atoms with Crippen LogP contribution in [0.4, 0.5) is 5.69 Å². The van der Waals surface area contributed by atoms with Crippen molar-refractivity contribution >= 4 is 40.8 Å². The molecule has 1 amide bonds. The Morgan fingerprint density at radius 3 is 1.75 bits per heavy atom. The Morgan fingerprint density at radius 1 is 0.806 bits per heavy atom. The van der Waals surface area contributed by atoms with E-state index in [0.29, 0.717) is 27.9 Å². The Labute approximate surface area is 214 Å². The molecule has 3 aromatic carbocycles. The quantitative estimate of drug-likeness (QED) is 0.271. The Bertz CT molecular complexity index is 1200. The van der Waals surface area contributed by atoms with E-state index in [9.17, 15) is 14.4 Å². The van der Waals surface area contributed by atoms with Gasteiger partial charge in [-0.2, -0.15) is 10.1 Å². The van der Waals surface area contributed by atoms with Crippen molar-refractivity contribution in [3.63, 3.8) is 0 Å². The van der Waals surface area contributed by atoms with Gasteiger partial charge in [0, 0.05) is 17.9 Å². The number of benzene rings is 3. The van der Waals surface area contributed by atoms with Crippen molar-refractivity contribution in [2.45, 2.75) is 32.6 Å². The molecule has 7 nitrogen and oxygen atoms in total. The molecule has 0 saturated heterocycles. The summed E-state index contributed by atoms with van der Waals surface area (Å²) >= 11 is 6.00. The van der Waals surface area contributed by atoms with Gasteiger partial charge in [-0.05, 0) is 68.3 Å². The minimum absolute atomic E-state index is 0.0321. The van der Waals surface area contributed by atoms with Gasteiger partial charge in [0.2, 0.25) is 0 Å². The van der Waals surface area contributed by atoms with Gasteiger partial charge in [-0.3, -0.25) is 14.4 Å². The molecular weight excluding hydrogens is 480 g/mol. The maximum absolute atomic E-state index is 13.7. The summed E-state index contributed by atoms with van der Waals surface area (Å²) in [6, 6.07) is 24.2. The number of carbonyl (C=O) groups is 3. The number of hydrogen-bond acceptors (Lipinski definition) is 6. The van der Waals surface area contributed by atoms with E-state index in [0.717, 1.165) is 0 Å². The fourth-order valence-corrected chi connectivity index (χ4v) is 4.21. The monoisotopic (exact) mass is 504 g/mol. The number of carbonyl (C=O) groups excluding carboxylic acids is 3. The topological polar surface area (TPSA) is 85.3 Å². The first kappa shape index (κ1) is 25.1. The zero-order valence-electron chi connectivity index (χ0n) is 19.7. The van der Waals surface area contributed by atoms with Gasteiger partial charge in [0.1, 0.15) is 11.5 Å². The average Bonchev–Trinajstić information content (AvgIpc) is 3.13. The summed E-state index contributed by atoms with van der Waals surface area (Å²) in [5.41, 5.74) is -0.0998. The fraction of sp³-hybridized carbons (Fsp3) is 0.214. The third kappa shape index (κ3) is 5.80. The van der Waals surface area contributed by atoms with Crippen LogP contribution in [0.1, 0.15) is 32.6 Å². The molecule has 0 fully saturated rings. The lowest BCUT2D eigenvalue weighted by Crippen LogP contribution is -2.40. The minimum Gasteiger partial charge on any atom is -0.427 e. The van der Waals surface area contributed by atoms with E-state index in [4.69, 9.17) is 21.1 Å². The van der Waals surface area contributed by atoms with Gasteiger partial charge in [-0.15, -0.1) is 0 Å². The molecule has 1 heterocycles. The lowest BCUT2D eigenvalue weighted by molar-refractivity contribution is -0.135. The summed E-state index contributed by atoms with van der Waals surface area (Å²) < 4.78 is 10.8. The molecule has 0 saturated carbocycles. The number of rotatable bonds is 9. The van der Waals surface area contributed by atoms with Gasteiger partial charge in [-0.1, -0.05) is 48.0 Å². The SMILES string of the molecule is CC1=NN(c2ccc(Cl)cc2)C(=O)C1(CCC(=O)Oc1ccccc1)CCC(=O)Oc1ccccc1. The standard InChI is InChI=1S/C28H25ClN2O5/c1-20-28(18-16-25(32)35-23-8-4-2-5-9-23,19-17-26(33)36-24-10-6-3-7-11-24)27(34)31(30-20)22-14-12-21(29)13-15-22/h2-15H,16-19H2,1H3. The average molecular weight is 505 g/mol. The van der Waals surface area contributed by atoms with Crippen LogP contribution < -0.4 is 14.5 Å². The van der Waals surface area contributed by atoms with E-state index in [1.54, 1.807) is 79.7 Å². The van der Waals surface area contributed by atoms with Gasteiger partial charge in [-0.25, -0.2) is 0 Å². The highest BCUT2D eigenvalue weighted by molar-refractivity contribution is 6.30. The summed E-state index contributed by atoms with van der Waals surface area (Å²) in [5.74, 6) is -0.416. The second-order valence-corrected chi connectivity index (χ2v) is 8.87. The summed E-state index contributed by atoms with van der Waals surface area (Å²) in [6.45, 7) is 1.73. The van der Waals surface area contributed by atoms with E-state index >= 15 is 0 Å². The van der Waals surface area contributed by atoms with Crippen LogP contribution >= 0.6 is 11.6 Å². The molecular formula is C28H25ClN2O5. The minimum atomic E-state index is -1.16. The lowest BCUT2D eigenvalue weighted by Gasteiger charge is -2.27. The maximum atomic E-state index is 13.7. The van der Waals surface area contributed by atoms with Crippen LogP contribution in [-0.4, -0.2) is 23.6 Å². The molecule has 36 heavy (non-hydrogen) atoms. The molecule has 3 aromatic rings. The first-order valence-corrected chi connectivity index (χ1v) is 11.9. The Kier molecular flexibility index (Phi) is 7.80. The van der Waals surface area contributed by atoms with Crippen LogP contribution in [-0.2, 0) is 14.4 Å². The van der Waals surface area contributed by atoms with Crippen molar-refractivity contribution < 1.29 is 23.9 Å². The Balaban J connectivity index is 1.52. The van der Waals surface area contributed by atoms with Crippen molar-refractivity contribution in [1.82, 2.24) is 0 Å². The largest absolute Gasteiger partial charge is 0.427 e. The molecule has 0 atom stereocenters. The third-order valence-corrected chi connectivity index (χ3v) is 6.33. The molecule has 184 valence electrons. The van der Waals surface area contributed by atoms with E-state index in [1.807, 2.05) is 12.1 Å². The Morgan fingerprint density at radius 2 is 1.28 bits per heavy atom. The predicted molar refractivity (Wildman–Crippen MR) is 137 cm³/mol. The van der Waals surface area contributed by atoms with Crippen molar-refractivity contribution in [1.29, 1.82) is 0 Å². The smallest absolute Gasteiger partial charge is 0.311 e. The van der Waals surface area contributed by atoms with Gasteiger partial charge in [0.05, 0.1) is 16.8 Å². The van der Waals surface area contributed by atoms with E-state index in [-0.39, 0.29) is 31.6 Å². The van der Waals surface area contributed by atoms with Gasteiger partial charge in [0.15, 0.2) is 0 Å². The number of anilines is 1. The molecule has 0 aromatic heterocycles. The third-order valence-electron chi connectivity index (χ3n) is 6.08. The van der Waals surface area contributed by atoms with E-state index < -0.39 is 17.4 Å². The zero-order valence-corrected chi connectivity index (χ0v) is 20.5. The summed E-state index contributed by atoms with van der Waals surface area (Å²) in [7, 11) is 0. The van der Waals surface area contributed by atoms with Gasteiger partial charge < -0.3 is 9.47 Å². The summed E-state index contributed by atoms with van der Waals surface area (Å²) in [6.07, 6.45) is 0.205. The highest BCUT2D eigenvalue weighted by atomic mass is 35.5. The normalized spacial score (nSPS) is 14.3. The van der Waals surface area contributed by atoms with E-state index in [1.165, 1.54) is 5.01 Å². The van der Waals surface area contributed by atoms with Crippen LogP contribution in [0.15, 0.2) is 90.0 Å². The number of nitrogens with zero attached hydrogens (tertiary/aromatic N) is 2. The first-order chi connectivity index (χ1) is 17.4. The van der Waals surface area contributed by atoms with Crippen LogP contribution in [0.3, 0.4) is 0 Å². The number of amides is 1. The van der Waals surface area contributed by atoms with E-state index in [2.05, 4.69) is 5.10 Å². The van der Waals surface area contributed by atoms with Crippen LogP contribution in [0, 0.1) is 5.41 Å². The number of esters is 2. The molecule has 0 N–H and O–H groups in total. The van der Waals surface area contributed by atoms with Crippen molar-refractivity contribution in [2.24, 2.45) is 10.5 Å². The van der Waals surface area contributed by atoms with Gasteiger partial charge in [0.25, 0.3) is 5.91 Å². The number of hydrazone groups is 1. The molecule has 0 aliphatic carbocycles. The van der Waals surface area contributed by atoms with Crippen LogP contribution in [0.25, 0.3) is 0 Å². The number of hydrogen-bond donors (Lipinski definition) is 0. The highest BCUT2D eigenvalue weighted by Gasteiger charge is 2.49. The Hall–Kier alpha value is -3.97. The lowest BCUT2D eigenvalue weighted by atomic mass is 9.75. The molecule has 0 unspecified atom stereocenters. The molecule has 0 bridgehead atoms. The highest BCUT2D eigenvalue weighted by Crippen LogP contribution is 2.41. The van der Waals surface area contributed by atoms with Gasteiger partial charge >= 0.3 is 11.9 Å². The second kappa shape index (κ2) is 11.2. The second-order valence-electron chi connectivity index (χ2n) is 8.44. The zero-order chi connectivity index (χ0) is 25.5. The number of para-hydroxylation sites is 2. The fourth-order valence-electron chi connectivity index (χ4n) is 4.08. The maximum Gasteiger partial charge on any atom is 0.311 e. The molecule has 1 aliphatic rings. The summed E-state index contributed by atoms with van der Waals surface area (Å²) in [5, 5.41) is 6.33. The van der Waals surface area contributed by atoms with Crippen molar-refractivity contribution in [2.75, 3.05) is 5.01 Å². The molecule has 0 spiro atoms. The number of halogens is 1. The molecule has 4 rings (SSSR count). The number of ether oxygens (including phenoxy) is 2. The molecule has 0 radical (unpaired) electrons. The van der Waals surface area contributed by atoms with Crippen LogP contribution in [0.5, 0.6) is 11.5 Å². The molecule has 8 heteroatoms. The first-order valence-electron chi connectivity index (χ1n) is 11.5.